The highest BCUT2D eigenvalue weighted by atomic mass is 16.5. The van der Waals surface area contributed by atoms with Gasteiger partial charge >= 0.3 is 0 Å². The van der Waals surface area contributed by atoms with Crippen molar-refractivity contribution in [1.29, 1.82) is 0 Å². The Hall–Kier alpha value is -2.09. The molecule has 19 heavy (non-hydrogen) atoms. The van der Waals surface area contributed by atoms with E-state index in [-0.39, 0.29) is 0 Å². The normalized spacial score (nSPS) is 10.3. The fourth-order valence-corrected chi connectivity index (χ4v) is 2.40. The first-order valence-corrected chi connectivity index (χ1v) is 6.45. The number of carbonyl (C=O) groups excluding carboxylic acids is 1. The Bertz CT molecular complexity index is 577. The van der Waals surface area contributed by atoms with Gasteiger partial charge in [-0.2, -0.15) is 0 Å². The summed E-state index contributed by atoms with van der Waals surface area (Å²) in [6.45, 7) is 6.78. The quantitative estimate of drug-likeness (QED) is 0.765. The summed E-state index contributed by atoms with van der Waals surface area (Å²) in [5, 5.41) is 0. The molecule has 0 aliphatic heterocycles. The zero-order chi connectivity index (χ0) is 13.8. The van der Waals surface area contributed by atoms with Crippen LogP contribution >= 0.6 is 0 Å². The third-order valence-corrected chi connectivity index (χ3v) is 3.13. The van der Waals surface area contributed by atoms with Crippen molar-refractivity contribution in [3.8, 4) is 16.9 Å². The number of hydrogen-bond donors (Lipinski definition) is 0. The number of benzene rings is 2. The van der Waals surface area contributed by atoms with Gasteiger partial charge in [0.05, 0.1) is 6.61 Å². The van der Waals surface area contributed by atoms with Crippen LogP contribution in [-0.2, 0) is 0 Å². The van der Waals surface area contributed by atoms with E-state index in [1.54, 1.807) is 0 Å². The van der Waals surface area contributed by atoms with Crippen LogP contribution in [0.25, 0.3) is 11.1 Å². The van der Waals surface area contributed by atoms with Gasteiger partial charge in [-0.25, -0.2) is 0 Å². The van der Waals surface area contributed by atoms with Gasteiger partial charge in [-0.1, -0.05) is 18.2 Å². The predicted molar refractivity (Wildman–Crippen MR) is 77.9 cm³/mol. The number of aryl methyl sites for hydroxylation is 2. The van der Waals surface area contributed by atoms with Gasteiger partial charge in [0, 0.05) is 5.56 Å². The smallest absolute Gasteiger partial charge is 0.150 e. The van der Waals surface area contributed by atoms with Gasteiger partial charge < -0.3 is 4.74 Å². The second-order valence-electron chi connectivity index (χ2n) is 4.61. The van der Waals surface area contributed by atoms with E-state index in [9.17, 15) is 4.79 Å². The Morgan fingerprint density at radius 1 is 1.11 bits per heavy atom. The van der Waals surface area contributed by atoms with Crippen LogP contribution in [0.3, 0.4) is 0 Å². The second kappa shape index (κ2) is 5.70. The summed E-state index contributed by atoms with van der Waals surface area (Å²) >= 11 is 0. The molecule has 2 aromatic carbocycles. The first-order chi connectivity index (χ1) is 9.15. The standard InChI is InChI=1S/C17H18O2/c1-4-19-16-8-12(2)17(13(3)9-16)15-7-5-6-14(10-15)11-18/h5-11H,4H2,1-3H3. The summed E-state index contributed by atoms with van der Waals surface area (Å²) in [4.78, 5) is 10.9. The highest BCUT2D eigenvalue weighted by Gasteiger charge is 2.08. The van der Waals surface area contributed by atoms with Crippen LogP contribution in [0.1, 0.15) is 28.4 Å². The lowest BCUT2D eigenvalue weighted by Crippen LogP contribution is -1.95. The summed E-state index contributed by atoms with van der Waals surface area (Å²) in [5.41, 5.74) is 5.26. The van der Waals surface area contributed by atoms with E-state index in [1.807, 2.05) is 43.3 Å². The fourth-order valence-electron chi connectivity index (χ4n) is 2.40. The monoisotopic (exact) mass is 254 g/mol. The minimum absolute atomic E-state index is 0.666. The maximum Gasteiger partial charge on any atom is 0.150 e. The van der Waals surface area contributed by atoms with Gasteiger partial charge in [0.15, 0.2) is 0 Å². The highest BCUT2D eigenvalue weighted by molar-refractivity contribution is 5.80. The third kappa shape index (κ3) is 2.84. The maximum absolute atomic E-state index is 10.9. The molecule has 98 valence electrons. The van der Waals surface area contributed by atoms with Gasteiger partial charge in [-0.05, 0) is 61.2 Å². The van der Waals surface area contributed by atoms with Crippen molar-refractivity contribution < 1.29 is 9.53 Å². The van der Waals surface area contributed by atoms with Gasteiger partial charge in [-0.15, -0.1) is 0 Å². The van der Waals surface area contributed by atoms with Crippen LogP contribution < -0.4 is 4.74 Å². The molecule has 0 radical (unpaired) electrons. The lowest BCUT2D eigenvalue weighted by atomic mass is 9.94. The highest BCUT2D eigenvalue weighted by Crippen LogP contribution is 2.31. The first kappa shape index (κ1) is 13.3. The molecule has 0 saturated carbocycles. The fraction of sp³-hybridized carbons (Fsp3) is 0.235. The molecular weight excluding hydrogens is 236 g/mol. The van der Waals surface area contributed by atoms with E-state index < -0.39 is 0 Å². The molecule has 0 saturated heterocycles. The molecule has 0 aliphatic carbocycles. The number of rotatable bonds is 4. The number of ether oxygens (including phenoxy) is 1. The molecule has 0 atom stereocenters. The Balaban J connectivity index is 2.52. The Kier molecular flexibility index (Phi) is 4.00. The molecule has 2 aromatic rings. The Morgan fingerprint density at radius 2 is 1.79 bits per heavy atom. The molecule has 2 rings (SSSR count). The van der Waals surface area contributed by atoms with Gasteiger partial charge in [-0.3, -0.25) is 4.79 Å². The van der Waals surface area contributed by atoms with Crippen LogP contribution in [0.15, 0.2) is 36.4 Å². The van der Waals surface area contributed by atoms with Crippen molar-refractivity contribution in [3.05, 3.63) is 53.1 Å². The largest absolute Gasteiger partial charge is 0.494 e. The molecule has 0 N–H and O–H groups in total. The number of aldehydes is 1. The number of hydrogen-bond acceptors (Lipinski definition) is 2. The van der Waals surface area contributed by atoms with Gasteiger partial charge in [0.2, 0.25) is 0 Å². The molecule has 0 aromatic heterocycles. The van der Waals surface area contributed by atoms with Gasteiger partial charge in [0.25, 0.3) is 0 Å². The van der Waals surface area contributed by atoms with Crippen LogP contribution in [0.2, 0.25) is 0 Å². The summed E-state index contributed by atoms with van der Waals surface area (Å²) in [5.74, 6) is 0.896. The average Bonchev–Trinajstić information content (AvgIpc) is 2.38. The van der Waals surface area contributed by atoms with E-state index in [1.165, 1.54) is 5.56 Å². The van der Waals surface area contributed by atoms with Crippen molar-refractivity contribution in [3.63, 3.8) is 0 Å². The predicted octanol–water partition coefficient (Wildman–Crippen LogP) is 4.18. The van der Waals surface area contributed by atoms with Crippen LogP contribution in [0, 0.1) is 13.8 Å². The zero-order valence-corrected chi connectivity index (χ0v) is 11.6. The van der Waals surface area contributed by atoms with Crippen molar-refractivity contribution in [2.24, 2.45) is 0 Å². The zero-order valence-electron chi connectivity index (χ0n) is 11.6. The van der Waals surface area contributed by atoms with Crippen LogP contribution in [-0.4, -0.2) is 12.9 Å². The van der Waals surface area contributed by atoms with Crippen molar-refractivity contribution in [1.82, 2.24) is 0 Å². The number of carbonyl (C=O) groups is 1. The van der Waals surface area contributed by atoms with E-state index >= 15 is 0 Å². The molecule has 0 amide bonds. The molecule has 0 heterocycles. The SMILES string of the molecule is CCOc1cc(C)c(-c2cccc(C=O)c2)c(C)c1. The molecule has 2 heteroatoms. The topological polar surface area (TPSA) is 26.3 Å². The maximum atomic E-state index is 10.9. The molecule has 0 unspecified atom stereocenters. The van der Waals surface area contributed by atoms with E-state index in [0.29, 0.717) is 12.2 Å². The molecule has 2 nitrogen and oxygen atoms in total. The van der Waals surface area contributed by atoms with Crippen LogP contribution in [0.4, 0.5) is 0 Å². The molecule has 0 bridgehead atoms. The summed E-state index contributed by atoms with van der Waals surface area (Å²) in [6, 6.07) is 11.8. The van der Waals surface area contributed by atoms with E-state index in [2.05, 4.69) is 13.8 Å². The molecular formula is C17H18O2. The van der Waals surface area contributed by atoms with E-state index in [4.69, 9.17) is 4.74 Å². The second-order valence-corrected chi connectivity index (χ2v) is 4.61. The first-order valence-electron chi connectivity index (χ1n) is 6.45. The summed E-state index contributed by atoms with van der Waals surface area (Å²) in [6.07, 6.45) is 0.878. The summed E-state index contributed by atoms with van der Waals surface area (Å²) in [7, 11) is 0. The summed E-state index contributed by atoms with van der Waals surface area (Å²) < 4.78 is 5.55. The van der Waals surface area contributed by atoms with Crippen LogP contribution in [0.5, 0.6) is 5.75 Å². The minimum Gasteiger partial charge on any atom is -0.494 e. The van der Waals surface area contributed by atoms with E-state index in [0.717, 1.165) is 28.7 Å². The minimum atomic E-state index is 0.666. The molecule has 0 spiro atoms. The average molecular weight is 254 g/mol. The molecule has 0 fully saturated rings. The Morgan fingerprint density at radius 3 is 2.37 bits per heavy atom. The molecule has 0 aliphatic rings. The third-order valence-electron chi connectivity index (χ3n) is 3.13. The van der Waals surface area contributed by atoms with Gasteiger partial charge in [0.1, 0.15) is 12.0 Å². The lowest BCUT2D eigenvalue weighted by molar-refractivity contribution is 0.112. The Labute approximate surface area is 114 Å². The van der Waals surface area contributed by atoms with Crippen molar-refractivity contribution in [2.75, 3.05) is 6.61 Å². The van der Waals surface area contributed by atoms with Crippen molar-refractivity contribution in [2.45, 2.75) is 20.8 Å². The van der Waals surface area contributed by atoms with Crippen molar-refractivity contribution >= 4 is 6.29 Å². The lowest BCUT2D eigenvalue weighted by Gasteiger charge is -2.13.